The first-order chi connectivity index (χ1) is 11.6. The van der Waals surface area contributed by atoms with Crippen LogP contribution in [0.5, 0.6) is 5.75 Å². The Bertz CT molecular complexity index is 988. The molecule has 0 saturated heterocycles. The topological polar surface area (TPSA) is 43.4 Å². The van der Waals surface area contributed by atoms with E-state index in [1.165, 1.54) is 6.08 Å². The van der Waals surface area contributed by atoms with E-state index in [2.05, 4.69) is 0 Å². The Morgan fingerprint density at radius 2 is 1.88 bits per heavy atom. The van der Waals surface area contributed by atoms with Gasteiger partial charge in [0.05, 0.1) is 12.7 Å². The fourth-order valence-corrected chi connectivity index (χ4v) is 3.26. The Hall–Kier alpha value is -2.43. The lowest BCUT2D eigenvalue weighted by Gasteiger charge is -2.01. The molecule has 0 fully saturated rings. The Morgan fingerprint density at radius 1 is 1.12 bits per heavy atom. The smallest absolute Gasteiger partial charge is 0.244 e. The summed E-state index contributed by atoms with van der Waals surface area (Å²) >= 11 is 7.02. The normalized spacial score (nSPS) is 11.1. The molecule has 3 rings (SSSR count). The molecule has 0 bridgehead atoms. The van der Waals surface area contributed by atoms with Gasteiger partial charge in [-0.2, -0.15) is 0 Å². The molecule has 1 heterocycles. The molecule has 120 valence electrons. The van der Waals surface area contributed by atoms with Gasteiger partial charge in [0.1, 0.15) is 5.75 Å². The molecule has 0 amide bonds. The number of ether oxygens (including phenoxy) is 1. The largest absolute Gasteiger partial charge is 0.497 e. The summed E-state index contributed by atoms with van der Waals surface area (Å²) in [4.78, 5) is 24.5. The van der Waals surface area contributed by atoms with Crippen molar-refractivity contribution in [1.82, 2.24) is 0 Å². The van der Waals surface area contributed by atoms with Crippen molar-refractivity contribution in [3.8, 4) is 5.75 Å². The highest BCUT2D eigenvalue weighted by molar-refractivity contribution is 7.16. The third-order valence-corrected chi connectivity index (χ3v) is 4.73. The van der Waals surface area contributed by atoms with E-state index in [0.29, 0.717) is 5.02 Å². The van der Waals surface area contributed by atoms with Crippen LogP contribution in [0, 0.1) is 0 Å². The van der Waals surface area contributed by atoms with Crippen LogP contribution in [0.1, 0.15) is 15.9 Å². The first-order valence-electron chi connectivity index (χ1n) is 7.17. The number of hydrogen-bond acceptors (Lipinski definition) is 4. The fourth-order valence-electron chi connectivity index (χ4n) is 2.24. The van der Waals surface area contributed by atoms with Crippen LogP contribution < -0.4 is 9.48 Å². The van der Waals surface area contributed by atoms with Crippen molar-refractivity contribution in [2.75, 3.05) is 7.11 Å². The molecule has 0 N–H and O–H groups in total. The summed E-state index contributed by atoms with van der Waals surface area (Å²) in [6, 6.07) is 14.1. The maximum Gasteiger partial charge on any atom is 0.244 e. The molecule has 0 radical (unpaired) electrons. The standard InChI is InChI=1S/C19H13ClO3S/c1-23-15-6-2-12(3-7-15)4-8-17(21)16-11-13-10-14(20)5-9-18(13)24-19(16)22/h2-11H,1H3. The van der Waals surface area contributed by atoms with Crippen LogP contribution in [0.3, 0.4) is 0 Å². The monoisotopic (exact) mass is 356 g/mol. The quantitative estimate of drug-likeness (QED) is 0.497. The van der Waals surface area contributed by atoms with E-state index in [1.807, 2.05) is 24.3 Å². The molecule has 0 aliphatic carbocycles. The first-order valence-corrected chi connectivity index (χ1v) is 8.36. The molecule has 3 aromatic rings. The van der Waals surface area contributed by atoms with E-state index in [4.69, 9.17) is 16.3 Å². The van der Waals surface area contributed by atoms with Crippen molar-refractivity contribution in [3.63, 3.8) is 0 Å². The predicted molar refractivity (Wildman–Crippen MR) is 99.5 cm³/mol. The molecule has 24 heavy (non-hydrogen) atoms. The second-order valence-electron chi connectivity index (χ2n) is 5.10. The molecule has 0 unspecified atom stereocenters. The van der Waals surface area contributed by atoms with Gasteiger partial charge in [-0.1, -0.05) is 41.1 Å². The van der Waals surface area contributed by atoms with E-state index in [-0.39, 0.29) is 16.1 Å². The average molecular weight is 357 g/mol. The summed E-state index contributed by atoms with van der Waals surface area (Å²) in [5.41, 5.74) is 1.00. The summed E-state index contributed by atoms with van der Waals surface area (Å²) in [5.74, 6) is 0.419. The van der Waals surface area contributed by atoms with Crippen LogP contribution in [-0.2, 0) is 0 Å². The molecule has 2 aromatic carbocycles. The SMILES string of the molecule is COc1ccc(C=CC(=O)c2cc3cc(Cl)ccc3sc2=O)cc1. The molecular weight excluding hydrogens is 344 g/mol. The number of halogens is 1. The van der Waals surface area contributed by atoms with Crippen molar-refractivity contribution < 1.29 is 9.53 Å². The molecule has 0 saturated carbocycles. The van der Waals surface area contributed by atoms with Gasteiger partial charge in [0.25, 0.3) is 0 Å². The zero-order valence-electron chi connectivity index (χ0n) is 12.8. The van der Waals surface area contributed by atoms with Crippen molar-refractivity contribution in [2.45, 2.75) is 0 Å². The highest BCUT2D eigenvalue weighted by atomic mass is 35.5. The maximum absolute atomic E-state index is 12.4. The summed E-state index contributed by atoms with van der Waals surface area (Å²) < 4.78 is 5.64. The number of fused-ring (bicyclic) bond motifs is 1. The van der Waals surface area contributed by atoms with Crippen molar-refractivity contribution in [3.05, 3.63) is 80.3 Å². The molecule has 0 aliphatic heterocycles. The summed E-state index contributed by atoms with van der Waals surface area (Å²) in [7, 11) is 1.59. The third-order valence-electron chi connectivity index (χ3n) is 3.50. The number of carbonyl (C=O) groups excluding carboxylic acids is 1. The van der Waals surface area contributed by atoms with Gasteiger partial charge < -0.3 is 4.74 Å². The van der Waals surface area contributed by atoms with Crippen LogP contribution in [0.4, 0.5) is 0 Å². The lowest BCUT2D eigenvalue weighted by molar-refractivity contribution is 0.104. The van der Waals surface area contributed by atoms with Gasteiger partial charge in [0, 0.05) is 9.72 Å². The number of carbonyl (C=O) groups is 1. The van der Waals surface area contributed by atoms with Gasteiger partial charge in [-0.15, -0.1) is 0 Å². The number of allylic oxidation sites excluding steroid dienone is 1. The Labute approximate surface area is 147 Å². The number of benzene rings is 2. The highest BCUT2D eigenvalue weighted by Gasteiger charge is 2.10. The molecule has 1 aromatic heterocycles. The third kappa shape index (κ3) is 3.55. The van der Waals surface area contributed by atoms with Crippen LogP contribution in [0.25, 0.3) is 16.2 Å². The molecule has 0 atom stereocenters. The minimum Gasteiger partial charge on any atom is -0.497 e. The second kappa shape index (κ2) is 6.99. The van der Waals surface area contributed by atoms with E-state index in [9.17, 15) is 9.59 Å². The van der Waals surface area contributed by atoms with Gasteiger partial charge in [-0.05, 0) is 53.4 Å². The highest BCUT2D eigenvalue weighted by Crippen LogP contribution is 2.22. The minimum atomic E-state index is -0.325. The zero-order chi connectivity index (χ0) is 17.1. The van der Waals surface area contributed by atoms with E-state index in [1.54, 1.807) is 37.5 Å². The van der Waals surface area contributed by atoms with E-state index < -0.39 is 0 Å². The first kappa shape index (κ1) is 16.4. The predicted octanol–water partition coefficient (Wildman–Crippen LogP) is 4.82. The van der Waals surface area contributed by atoms with Crippen LogP contribution in [0.15, 0.2) is 59.4 Å². The van der Waals surface area contributed by atoms with Crippen molar-refractivity contribution >= 4 is 44.9 Å². The van der Waals surface area contributed by atoms with Gasteiger partial charge >= 0.3 is 0 Å². The molecule has 5 heteroatoms. The number of hydrogen-bond donors (Lipinski definition) is 0. The van der Waals surface area contributed by atoms with Gasteiger partial charge in [-0.3, -0.25) is 9.59 Å². The Balaban J connectivity index is 1.91. The fraction of sp³-hybridized carbons (Fsp3) is 0.0526. The van der Waals surface area contributed by atoms with Crippen LogP contribution >= 0.6 is 22.9 Å². The summed E-state index contributed by atoms with van der Waals surface area (Å²) in [6.07, 6.45) is 3.08. The second-order valence-corrected chi connectivity index (χ2v) is 6.55. The van der Waals surface area contributed by atoms with Crippen LogP contribution in [0.2, 0.25) is 5.02 Å². The van der Waals surface area contributed by atoms with Crippen molar-refractivity contribution in [2.24, 2.45) is 0 Å². The van der Waals surface area contributed by atoms with Gasteiger partial charge in [0.2, 0.25) is 4.74 Å². The zero-order valence-corrected chi connectivity index (χ0v) is 14.4. The van der Waals surface area contributed by atoms with E-state index in [0.717, 1.165) is 32.7 Å². The summed E-state index contributed by atoms with van der Waals surface area (Å²) in [6.45, 7) is 0. The average Bonchev–Trinajstić information content (AvgIpc) is 2.60. The summed E-state index contributed by atoms with van der Waals surface area (Å²) in [5, 5.41) is 1.36. The van der Waals surface area contributed by atoms with E-state index >= 15 is 0 Å². The Morgan fingerprint density at radius 3 is 2.58 bits per heavy atom. The van der Waals surface area contributed by atoms with Crippen LogP contribution in [-0.4, -0.2) is 12.9 Å². The molecule has 0 aliphatic rings. The lowest BCUT2D eigenvalue weighted by Crippen LogP contribution is -2.09. The minimum absolute atomic E-state index is 0.152. The Kier molecular flexibility index (Phi) is 4.79. The van der Waals surface area contributed by atoms with Crippen molar-refractivity contribution in [1.29, 1.82) is 0 Å². The lowest BCUT2D eigenvalue weighted by atomic mass is 10.1. The number of rotatable bonds is 4. The number of methoxy groups -OCH3 is 1. The number of ketones is 1. The van der Waals surface area contributed by atoms with Gasteiger partial charge in [0.15, 0.2) is 5.78 Å². The molecule has 0 spiro atoms. The molecular formula is C19H13ClO3S. The van der Waals surface area contributed by atoms with Gasteiger partial charge in [-0.25, -0.2) is 0 Å². The maximum atomic E-state index is 12.4. The molecule has 3 nitrogen and oxygen atoms in total.